The van der Waals surface area contributed by atoms with Gasteiger partial charge in [-0.2, -0.15) is 5.10 Å². The highest BCUT2D eigenvalue weighted by Crippen LogP contribution is 2.29. The van der Waals surface area contributed by atoms with E-state index < -0.39 is 0 Å². The number of aryl methyl sites for hydroxylation is 2. The molecule has 3 nitrogen and oxygen atoms in total. The van der Waals surface area contributed by atoms with Gasteiger partial charge in [0.15, 0.2) is 5.65 Å². The van der Waals surface area contributed by atoms with Crippen LogP contribution in [0, 0.1) is 6.92 Å². The molecule has 0 atom stereocenters. The molecule has 0 unspecified atom stereocenters. The Bertz CT molecular complexity index is 698. The van der Waals surface area contributed by atoms with E-state index in [0.29, 0.717) is 0 Å². The smallest absolute Gasteiger partial charge is 0.158 e. The van der Waals surface area contributed by atoms with Gasteiger partial charge in [0, 0.05) is 18.1 Å². The van der Waals surface area contributed by atoms with Crippen molar-refractivity contribution in [1.82, 2.24) is 14.8 Å². The van der Waals surface area contributed by atoms with Gasteiger partial charge < -0.3 is 0 Å². The first-order valence-corrected chi connectivity index (χ1v) is 6.17. The van der Waals surface area contributed by atoms with Gasteiger partial charge in [0.1, 0.15) is 0 Å². The van der Waals surface area contributed by atoms with Crippen LogP contribution in [0.15, 0.2) is 42.7 Å². The molecular weight excluding hydrogens is 222 g/mol. The molecule has 3 rings (SSSR count). The quantitative estimate of drug-likeness (QED) is 0.683. The highest BCUT2D eigenvalue weighted by Gasteiger charge is 2.10. The predicted octanol–water partition coefficient (Wildman–Crippen LogP) is 3.43. The average Bonchev–Trinajstić information content (AvgIpc) is 2.82. The van der Waals surface area contributed by atoms with E-state index in [-0.39, 0.29) is 0 Å². The molecule has 0 amide bonds. The summed E-state index contributed by atoms with van der Waals surface area (Å²) in [5.74, 6) is 0. The SMILES string of the molecule is CCn1ncc2c(-c3ccccc3C)ccnc21. The van der Waals surface area contributed by atoms with Crippen LogP contribution in [-0.4, -0.2) is 14.8 Å². The van der Waals surface area contributed by atoms with Gasteiger partial charge in [-0.05, 0) is 36.6 Å². The maximum Gasteiger partial charge on any atom is 0.158 e. The zero-order chi connectivity index (χ0) is 12.5. The van der Waals surface area contributed by atoms with Gasteiger partial charge >= 0.3 is 0 Å². The van der Waals surface area contributed by atoms with Crippen molar-refractivity contribution in [1.29, 1.82) is 0 Å². The number of nitrogens with zero attached hydrogens (tertiary/aromatic N) is 3. The minimum atomic E-state index is 0.841. The largest absolute Gasteiger partial charge is 0.248 e. The molecule has 0 radical (unpaired) electrons. The molecule has 3 heteroatoms. The lowest BCUT2D eigenvalue weighted by molar-refractivity contribution is 0.677. The second kappa shape index (κ2) is 4.26. The molecule has 0 saturated heterocycles. The number of benzene rings is 1. The van der Waals surface area contributed by atoms with Crippen molar-refractivity contribution in [2.45, 2.75) is 20.4 Å². The molecule has 3 aromatic rings. The number of pyridine rings is 1. The molecule has 0 aliphatic heterocycles. The standard InChI is InChI=1S/C15H15N3/c1-3-18-15-14(10-17-18)13(8-9-16-15)12-7-5-4-6-11(12)2/h4-10H,3H2,1-2H3. The number of hydrogen-bond acceptors (Lipinski definition) is 2. The van der Waals surface area contributed by atoms with E-state index in [1.165, 1.54) is 16.7 Å². The number of fused-ring (bicyclic) bond motifs is 1. The Labute approximate surface area is 106 Å². The number of hydrogen-bond donors (Lipinski definition) is 0. The molecule has 0 N–H and O–H groups in total. The Morgan fingerprint density at radius 3 is 2.72 bits per heavy atom. The van der Waals surface area contributed by atoms with E-state index in [1.54, 1.807) is 0 Å². The van der Waals surface area contributed by atoms with E-state index in [2.05, 4.69) is 54.3 Å². The van der Waals surface area contributed by atoms with Gasteiger partial charge in [0.2, 0.25) is 0 Å². The maximum atomic E-state index is 4.43. The minimum Gasteiger partial charge on any atom is -0.248 e. The van der Waals surface area contributed by atoms with Crippen LogP contribution in [0.25, 0.3) is 22.2 Å². The molecule has 90 valence electrons. The first-order valence-electron chi connectivity index (χ1n) is 6.17. The van der Waals surface area contributed by atoms with Crippen LogP contribution < -0.4 is 0 Å². The summed E-state index contributed by atoms with van der Waals surface area (Å²) in [5, 5.41) is 5.50. The molecule has 2 heterocycles. The normalized spacial score (nSPS) is 11.0. The lowest BCUT2D eigenvalue weighted by Gasteiger charge is -2.06. The van der Waals surface area contributed by atoms with Crippen LogP contribution in [0.2, 0.25) is 0 Å². The molecule has 1 aromatic carbocycles. The Hall–Kier alpha value is -2.16. The van der Waals surface area contributed by atoms with Crippen LogP contribution in [-0.2, 0) is 6.54 Å². The summed E-state index contributed by atoms with van der Waals surface area (Å²) in [4.78, 5) is 4.43. The minimum absolute atomic E-state index is 0.841. The first kappa shape index (κ1) is 11.0. The third kappa shape index (κ3) is 1.59. The van der Waals surface area contributed by atoms with Crippen LogP contribution in [0.4, 0.5) is 0 Å². The van der Waals surface area contributed by atoms with Crippen molar-refractivity contribution in [2.24, 2.45) is 0 Å². The molecule has 0 bridgehead atoms. The lowest BCUT2D eigenvalue weighted by Crippen LogP contribution is -1.97. The highest BCUT2D eigenvalue weighted by molar-refractivity contribution is 5.93. The van der Waals surface area contributed by atoms with Crippen LogP contribution in [0.3, 0.4) is 0 Å². The van der Waals surface area contributed by atoms with E-state index in [0.717, 1.165) is 17.6 Å². The number of aromatic nitrogens is 3. The number of rotatable bonds is 2. The fraction of sp³-hybridized carbons (Fsp3) is 0.200. The van der Waals surface area contributed by atoms with Gasteiger partial charge in [-0.25, -0.2) is 9.67 Å². The maximum absolute atomic E-state index is 4.43. The summed E-state index contributed by atoms with van der Waals surface area (Å²) in [6.07, 6.45) is 3.77. The summed E-state index contributed by atoms with van der Waals surface area (Å²) in [7, 11) is 0. The summed E-state index contributed by atoms with van der Waals surface area (Å²) in [6.45, 7) is 5.05. The molecule has 0 spiro atoms. The molecule has 18 heavy (non-hydrogen) atoms. The van der Waals surface area contributed by atoms with Crippen molar-refractivity contribution in [3.05, 3.63) is 48.3 Å². The topological polar surface area (TPSA) is 30.7 Å². The summed E-state index contributed by atoms with van der Waals surface area (Å²) in [5.41, 5.74) is 4.69. The fourth-order valence-corrected chi connectivity index (χ4v) is 2.32. The molecule has 2 aromatic heterocycles. The Morgan fingerprint density at radius 2 is 1.94 bits per heavy atom. The molecule has 0 aliphatic carbocycles. The Balaban J connectivity index is 2.30. The van der Waals surface area contributed by atoms with Gasteiger partial charge in [0.05, 0.1) is 6.20 Å². The zero-order valence-electron chi connectivity index (χ0n) is 10.6. The summed E-state index contributed by atoms with van der Waals surface area (Å²) in [6, 6.07) is 10.5. The third-order valence-corrected chi connectivity index (χ3v) is 3.27. The van der Waals surface area contributed by atoms with Gasteiger partial charge in [-0.15, -0.1) is 0 Å². The van der Waals surface area contributed by atoms with Gasteiger partial charge in [-0.3, -0.25) is 0 Å². The zero-order valence-corrected chi connectivity index (χ0v) is 10.6. The third-order valence-electron chi connectivity index (χ3n) is 3.27. The monoisotopic (exact) mass is 237 g/mol. The van der Waals surface area contributed by atoms with Crippen molar-refractivity contribution in [2.75, 3.05) is 0 Å². The summed E-state index contributed by atoms with van der Waals surface area (Å²) >= 11 is 0. The van der Waals surface area contributed by atoms with Crippen LogP contribution in [0.5, 0.6) is 0 Å². The van der Waals surface area contributed by atoms with Crippen LogP contribution >= 0.6 is 0 Å². The lowest BCUT2D eigenvalue weighted by atomic mass is 9.99. The average molecular weight is 237 g/mol. The van der Waals surface area contributed by atoms with E-state index >= 15 is 0 Å². The molecule has 0 fully saturated rings. The molecule has 0 saturated carbocycles. The van der Waals surface area contributed by atoms with Crippen molar-refractivity contribution < 1.29 is 0 Å². The first-order chi connectivity index (χ1) is 8.81. The van der Waals surface area contributed by atoms with Gasteiger partial charge in [0.25, 0.3) is 0 Å². The Morgan fingerprint density at radius 1 is 1.11 bits per heavy atom. The van der Waals surface area contributed by atoms with Crippen molar-refractivity contribution in [3.63, 3.8) is 0 Å². The summed E-state index contributed by atoms with van der Waals surface area (Å²) < 4.78 is 1.93. The molecule has 0 aliphatic rings. The second-order valence-corrected chi connectivity index (χ2v) is 4.37. The second-order valence-electron chi connectivity index (χ2n) is 4.37. The van der Waals surface area contributed by atoms with E-state index in [1.807, 2.05) is 17.1 Å². The fourth-order valence-electron chi connectivity index (χ4n) is 2.32. The highest BCUT2D eigenvalue weighted by atomic mass is 15.3. The Kier molecular flexibility index (Phi) is 2.59. The van der Waals surface area contributed by atoms with Crippen molar-refractivity contribution >= 4 is 11.0 Å². The van der Waals surface area contributed by atoms with Crippen molar-refractivity contribution in [3.8, 4) is 11.1 Å². The van der Waals surface area contributed by atoms with E-state index in [9.17, 15) is 0 Å². The van der Waals surface area contributed by atoms with Gasteiger partial charge in [-0.1, -0.05) is 24.3 Å². The van der Waals surface area contributed by atoms with Crippen LogP contribution in [0.1, 0.15) is 12.5 Å². The van der Waals surface area contributed by atoms with E-state index in [4.69, 9.17) is 0 Å². The molecular formula is C15H15N3. The predicted molar refractivity (Wildman–Crippen MR) is 73.4 cm³/mol.